The smallest absolute Gasteiger partial charge is 0.407 e. The van der Waals surface area contributed by atoms with Gasteiger partial charge in [0, 0.05) is 34.0 Å². The van der Waals surface area contributed by atoms with Crippen LogP contribution in [0.5, 0.6) is 0 Å². The molecule has 1 aromatic heterocycles. The third-order valence-corrected chi connectivity index (χ3v) is 10.5. The monoisotopic (exact) mass is 1010 g/mol. The molecule has 0 aliphatic rings. The Kier molecular flexibility index (Phi) is 17.0. The third-order valence-electron chi connectivity index (χ3n) is 9.75. The second-order valence-corrected chi connectivity index (χ2v) is 16.1. The number of methoxy groups -OCH3 is 2. The summed E-state index contributed by atoms with van der Waals surface area (Å²) in [6.45, 7) is -3.05. The fourth-order valence-electron chi connectivity index (χ4n) is 5.67. The van der Waals surface area contributed by atoms with Gasteiger partial charge in [-0.15, -0.1) is 0 Å². The molecular weight excluding hydrogens is 971 g/mol. The predicted molar refractivity (Wildman–Crippen MR) is 207 cm³/mol. The zero-order valence-electron chi connectivity index (χ0n) is 33.5. The van der Waals surface area contributed by atoms with Crippen molar-refractivity contribution in [3.05, 3.63) is 75.0 Å². The summed E-state index contributed by atoms with van der Waals surface area (Å²) in [7, 11) is 1.60. The van der Waals surface area contributed by atoms with Crippen molar-refractivity contribution >= 4 is 46.6 Å². The van der Waals surface area contributed by atoms with E-state index in [2.05, 4.69) is 19.9 Å². The number of carbonyl (C=O) groups excluding carboxylic acids is 4. The number of rotatable bonds is 17. The van der Waals surface area contributed by atoms with Crippen molar-refractivity contribution in [2.75, 3.05) is 20.8 Å². The van der Waals surface area contributed by atoms with Gasteiger partial charge in [0.15, 0.2) is 0 Å². The lowest BCUT2D eigenvalue weighted by Crippen LogP contribution is -2.63. The van der Waals surface area contributed by atoms with E-state index in [1.165, 1.54) is 12.1 Å². The number of hydrazine groups is 1. The van der Waals surface area contributed by atoms with Crippen LogP contribution in [0.15, 0.2) is 48.7 Å². The first-order valence-electron chi connectivity index (χ1n) is 18.0. The average Bonchev–Trinajstić information content (AvgIpc) is 3.67. The molecule has 1 heterocycles. The van der Waals surface area contributed by atoms with E-state index in [9.17, 15) is 59.4 Å². The highest BCUT2D eigenvalue weighted by Gasteiger charge is 2.57. The first kappa shape index (κ1) is 51.4. The molecule has 0 unspecified atom stereocenters. The van der Waals surface area contributed by atoms with Crippen molar-refractivity contribution in [2.24, 2.45) is 10.8 Å². The molecule has 0 fully saturated rings. The van der Waals surface area contributed by atoms with Crippen LogP contribution >= 0.6 is 22.6 Å². The molecule has 0 saturated heterocycles. The molecule has 0 radical (unpaired) electrons. The summed E-state index contributed by atoms with van der Waals surface area (Å²) in [6, 6.07) is 1.91. The average molecular weight is 1010 g/mol. The topological polar surface area (TPSA) is 176 Å². The van der Waals surface area contributed by atoms with Crippen molar-refractivity contribution < 1.29 is 77.7 Å². The zero-order valence-corrected chi connectivity index (χ0v) is 35.7. The van der Waals surface area contributed by atoms with E-state index >= 15 is 8.78 Å². The fraction of sp³-hybridized carbons (Fsp3) is 0.486. The summed E-state index contributed by atoms with van der Waals surface area (Å²) >= 11 is 1.95. The van der Waals surface area contributed by atoms with Crippen LogP contribution in [0.2, 0.25) is 0 Å². The Morgan fingerprint density at radius 2 is 1.29 bits per heavy atom. The highest BCUT2D eigenvalue weighted by Crippen LogP contribution is 2.42. The summed E-state index contributed by atoms with van der Waals surface area (Å²) in [5, 5.41) is 21.6. The number of aliphatic hydroxyl groups excluding tert-OH is 1. The lowest BCUT2D eigenvalue weighted by molar-refractivity contribution is -0.221. The van der Waals surface area contributed by atoms with Crippen LogP contribution in [-0.4, -0.2) is 101 Å². The van der Waals surface area contributed by atoms with E-state index in [1.807, 2.05) is 33.3 Å². The fourth-order valence-corrected chi connectivity index (χ4v) is 6.03. The number of alkyl carbamates (subject to hydrolysis) is 2. The first-order valence-corrected chi connectivity index (χ1v) is 19.0. The SMILES string of the molecule is COC(=O)N[C@H](C(=O)N[C@@H](Cc1ccc(I)cc1)[C@@H](O)CN(Cc1c(F)cc(-c2ccn(C(F)F)n2)cc1F)NC(=O)[C@@H](NC(=O)OC)C(C)(C)C(F)(F)F)C(C)(C)C(F)(F)F. The second kappa shape index (κ2) is 20.5. The molecule has 0 saturated carbocycles. The van der Waals surface area contributed by atoms with Gasteiger partial charge in [-0.05, 0) is 92.6 Å². The lowest BCUT2D eigenvalue weighted by atomic mass is 9.82. The molecule has 14 nitrogen and oxygen atoms in total. The van der Waals surface area contributed by atoms with Gasteiger partial charge in [-0.2, -0.15) is 40.2 Å². The van der Waals surface area contributed by atoms with Gasteiger partial charge in [0.1, 0.15) is 23.7 Å². The molecule has 0 aliphatic heterocycles. The second-order valence-electron chi connectivity index (χ2n) is 14.8. The van der Waals surface area contributed by atoms with E-state index in [1.54, 1.807) is 17.4 Å². The van der Waals surface area contributed by atoms with Gasteiger partial charge in [-0.3, -0.25) is 15.0 Å². The number of nitrogens with zero attached hydrogens (tertiary/aromatic N) is 3. The van der Waals surface area contributed by atoms with Gasteiger partial charge < -0.3 is 30.5 Å². The maximum Gasteiger partial charge on any atom is 0.407 e. The van der Waals surface area contributed by atoms with E-state index in [0.29, 0.717) is 54.0 Å². The van der Waals surface area contributed by atoms with E-state index < -0.39 is 115 Å². The zero-order chi connectivity index (χ0) is 47.1. The summed E-state index contributed by atoms with van der Waals surface area (Å²) < 4.78 is 153. The maximum atomic E-state index is 15.8. The summed E-state index contributed by atoms with van der Waals surface area (Å²) in [6.07, 6.45) is -14.9. The lowest BCUT2D eigenvalue weighted by Gasteiger charge is -2.38. The Morgan fingerprint density at radius 1 is 0.806 bits per heavy atom. The van der Waals surface area contributed by atoms with Gasteiger partial charge in [0.2, 0.25) is 5.91 Å². The molecule has 0 bridgehead atoms. The van der Waals surface area contributed by atoms with E-state index in [-0.39, 0.29) is 15.9 Å². The Hall–Kier alpha value is -4.92. The van der Waals surface area contributed by atoms with Crippen molar-refractivity contribution in [1.82, 2.24) is 36.2 Å². The third kappa shape index (κ3) is 12.8. The molecule has 5 N–H and O–H groups in total. The highest BCUT2D eigenvalue weighted by atomic mass is 127. The summed E-state index contributed by atoms with van der Waals surface area (Å²) in [5.41, 5.74) is -5.30. The number of carbonyl (C=O) groups is 4. The van der Waals surface area contributed by atoms with Crippen molar-refractivity contribution in [2.45, 2.75) is 83.8 Å². The molecular formula is C37H42F10IN7O7. The van der Waals surface area contributed by atoms with Crippen molar-refractivity contribution in [3.63, 3.8) is 0 Å². The van der Waals surface area contributed by atoms with Gasteiger partial charge in [-0.1, -0.05) is 12.1 Å². The summed E-state index contributed by atoms with van der Waals surface area (Å²) in [4.78, 5) is 51.8. The number of benzene rings is 2. The Morgan fingerprint density at radius 3 is 1.73 bits per heavy atom. The van der Waals surface area contributed by atoms with E-state index in [0.717, 1.165) is 26.5 Å². The van der Waals surface area contributed by atoms with Crippen molar-refractivity contribution in [1.29, 1.82) is 0 Å². The van der Waals surface area contributed by atoms with Gasteiger partial charge in [-0.25, -0.2) is 28.1 Å². The number of amides is 4. The molecule has 25 heteroatoms. The molecule has 2 aromatic carbocycles. The molecule has 62 heavy (non-hydrogen) atoms. The number of nitrogens with one attached hydrogen (secondary N) is 4. The van der Waals surface area contributed by atoms with Crippen molar-refractivity contribution in [3.8, 4) is 11.3 Å². The largest absolute Gasteiger partial charge is 0.453 e. The quantitative estimate of drug-likeness (QED) is 0.0585. The van der Waals surface area contributed by atoms with E-state index in [4.69, 9.17) is 0 Å². The number of aliphatic hydroxyl groups is 1. The standard InChI is InChI=1S/C37H42F10IN7O7/c1-34(2,36(42,43)44)27(50-32(59)61-5)29(57)49-25(13-18-7-9-20(48)10-8-18)26(56)17-54(53-30(58)28(51-33(60)62-6)35(3,4)37(45,46)47)16-21-22(38)14-19(15-23(21)39)24-11-12-55(52-24)31(40)41/h7-12,14-15,25-28,31,56H,13,16-17H2,1-6H3,(H,49,57)(H,50,59)(H,51,60)(H,53,58)/t25-,26-,27+,28+/m0/s1. The number of hydrogen-bond donors (Lipinski definition) is 5. The van der Waals surface area contributed by atoms with Gasteiger partial charge >= 0.3 is 31.1 Å². The number of aromatic nitrogens is 2. The normalized spacial score (nSPS) is 14.5. The number of alkyl halides is 8. The number of halogens is 11. The summed E-state index contributed by atoms with van der Waals surface area (Å²) in [5.74, 6) is -6.00. The van der Waals surface area contributed by atoms with Crippen LogP contribution in [-0.2, 0) is 32.0 Å². The minimum Gasteiger partial charge on any atom is -0.453 e. The van der Waals surface area contributed by atoms with Gasteiger partial charge in [0.25, 0.3) is 5.91 Å². The minimum absolute atomic E-state index is 0.197. The van der Waals surface area contributed by atoms with Crippen LogP contribution in [0.25, 0.3) is 11.3 Å². The first-order chi connectivity index (χ1) is 28.5. The Bertz CT molecular complexity index is 2030. The molecule has 3 aromatic rings. The highest BCUT2D eigenvalue weighted by molar-refractivity contribution is 14.1. The van der Waals surface area contributed by atoms with Crippen LogP contribution in [0.1, 0.15) is 45.4 Å². The Labute approximate surface area is 361 Å². The predicted octanol–water partition coefficient (Wildman–Crippen LogP) is 6.38. The van der Waals surface area contributed by atoms with Crippen LogP contribution in [0, 0.1) is 26.0 Å². The molecule has 3 rings (SSSR count). The molecule has 4 atom stereocenters. The maximum absolute atomic E-state index is 15.8. The molecule has 0 spiro atoms. The molecule has 344 valence electrons. The van der Waals surface area contributed by atoms with Crippen LogP contribution in [0.3, 0.4) is 0 Å². The molecule has 0 aliphatic carbocycles. The number of ether oxygens (including phenoxy) is 2. The molecule has 4 amide bonds. The van der Waals surface area contributed by atoms with Crippen LogP contribution in [0.4, 0.5) is 53.5 Å². The number of hydrogen-bond acceptors (Lipinski definition) is 9. The van der Waals surface area contributed by atoms with Gasteiger partial charge in [0.05, 0.1) is 42.9 Å². The minimum atomic E-state index is -5.20. The van der Waals surface area contributed by atoms with Crippen LogP contribution < -0.4 is 21.4 Å². The Balaban J connectivity index is 2.16.